The first-order valence-electron chi connectivity index (χ1n) is 7.09. The summed E-state index contributed by atoms with van der Waals surface area (Å²) in [6, 6.07) is 4.52. The van der Waals surface area contributed by atoms with Gasteiger partial charge in [0.05, 0.1) is 34.6 Å². The van der Waals surface area contributed by atoms with Gasteiger partial charge < -0.3 is 10.1 Å². The molecule has 1 aromatic heterocycles. The molecule has 0 unspecified atom stereocenters. The quantitative estimate of drug-likeness (QED) is 0.496. The minimum Gasteiger partial charge on any atom is -0.465 e. The largest absolute Gasteiger partial charge is 0.465 e. The number of anilines is 1. The fourth-order valence-electron chi connectivity index (χ4n) is 2.01. The van der Waals surface area contributed by atoms with Crippen molar-refractivity contribution in [3.8, 4) is 0 Å². The fraction of sp³-hybridized carbons (Fsp3) is 0.250. The van der Waals surface area contributed by atoms with E-state index in [2.05, 4.69) is 20.0 Å². The topological polar surface area (TPSA) is 81.2 Å². The molecule has 0 radical (unpaired) electrons. The van der Waals surface area contributed by atoms with Crippen LogP contribution in [-0.2, 0) is 11.2 Å². The number of esters is 1. The molecule has 24 heavy (non-hydrogen) atoms. The van der Waals surface area contributed by atoms with E-state index in [4.69, 9.17) is 11.6 Å². The lowest BCUT2D eigenvalue weighted by molar-refractivity contribution is 0.0600. The molecule has 126 valence electrons. The lowest BCUT2D eigenvalue weighted by atomic mass is 10.1. The lowest BCUT2D eigenvalue weighted by Gasteiger charge is -2.11. The summed E-state index contributed by atoms with van der Waals surface area (Å²) in [6.45, 7) is 1.91. The van der Waals surface area contributed by atoms with Crippen LogP contribution in [0, 0.1) is 0 Å². The van der Waals surface area contributed by atoms with Crippen LogP contribution in [0.2, 0.25) is 5.02 Å². The van der Waals surface area contributed by atoms with Crippen LogP contribution < -0.4 is 5.32 Å². The zero-order valence-corrected chi connectivity index (χ0v) is 15.0. The molecule has 2 aromatic rings. The molecule has 1 heterocycles. The van der Waals surface area contributed by atoms with Crippen molar-refractivity contribution < 1.29 is 14.3 Å². The van der Waals surface area contributed by atoms with E-state index in [0.717, 1.165) is 0 Å². The molecule has 2 rings (SSSR count). The number of carbonyl (C=O) groups is 2. The first kappa shape index (κ1) is 18.2. The zero-order valence-electron chi connectivity index (χ0n) is 13.4. The molecule has 6 nitrogen and oxygen atoms in total. The third-order valence-electron chi connectivity index (χ3n) is 3.24. The van der Waals surface area contributed by atoms with E-state index in [-0.39, 0.29) is 5.91 Å². The normalized spacial score (nSPS) is 10.3. The van der Waals surface area contributed by atoms with Gasteiger partial charge in [-0.05, 0) is 30.9 Å². The van der Waals surface area contributed by atoms with Gasteiger partial charge in [-0.25, -0.2) is 14.8 Å². The third kappa shape index (κ3) is 4.04. The van der Waals surface area contributed by atoms with E-state index in [0.29, 0.717) is 39.1 Å². The Balaban J connectivity index is 2.31. The minimum absolute atomic E-state index is 0.293. The van der Waals surface area contributed by atoms with Crippen LogP contribution in [0.4, 0.5) is 5.69 Å². The monoisotopic (exact) mass is 365 g/mol. The van der Waals surface area contributed by atoms with Crippen LogP contribution in [0.15, 0.2) is 29.6 Å². The van der Waals surface area contributed by atoms with Crippen molar-refractivity contribution >= 4 is 40.9 Å². The Morgan fingerprint density at radius 1 is 1.38 bits per heavy atom. The van der Waals surface area contributed by atoms with Gasteiger partial charge in [-0.3, -0.25) is 4.79 Å². The van der Waals surface area contributed by atoms with E-state index in [1.807, 2.05) is 13.2 Å². The average Bonchev–Trinajstić information content (AvgIpc) is 2.62. The number of halogens is 1. The summed E-state index contributed by atoms with van der Waals surface area (Å²) in [5.41, 5.74) is 1.63. The van der Waals surface area contributed by atoms with Crippen LogP contribution in [-0.4, -0.2) is 35.2 Å². The van der Waals surface area contributed by atoms with E-state index in [9.17, 15) is 9.59 Å². The molecule has 1 aromatic carbocycles. The second-order valence-electron chi connectivity index (χ2n) is 4.71. The number of hydrogen-bond donors (Lipinski definition) is 1. The number of aryl methyl sites for hydroxylation is 1. The number of thioether (sulfide) groups is 1. The standard InChI is InChI=1S/C16H16ClN3O3S/c1-4-12-10(8-18-16(20-12)24-3)14(21)19-13-7-9(15(22)23-2)5-6-11(13)17/h5-8H,4H2,1-3H3,(H,19,21). The molecule has 0 saturated carbocycles. The van der Waals surface area contributed by atoms with Gasteiger partial charge in [0.1, 0.15) is 0 Å². The number of methoxy groups -OCH3 is 1. The molecular weight excluding hydrogens is 350 g/mol. The number of carbonyl (C=O) groups excluding carboxylic acids is 2. The molecule has 1 N–H and O–H groups in total. The molecule has 0 bridgehead atoms. The Hall–Kier alpha value is -2.12. The second kappa shape index (κ2) is 8.12. The van der Waals surface area contributed by atoms with Gasteiger partial charge in [0.25, 0.3) is 5.91 Å². The van der Waals surface area contributed by atoms with Crippen molar-refractivity contribution in [2.75, 3.05) is 18.7 Å². The highest BCUT2D eigenvalue weighted by molar-refractivity contribution is 7.98. The van der Waals surface area contributed by atoms with Gasteiger partial charge >= 0.3 is 5.97 Å². The number of benzene rings is 1. The molecule has 8 heteroatoms. The molecule has 0 spiro atoms. The summed E-state index contributed by atoms with van der Waals surface area (Å²) in [5, 5.41) is 3.61. The average molecular weight is 366 g/mol. The Morgan fingerprint density at radius 3 is 2.75 bits per heavy atom. The highest BCUT2D eigenvalue weighted by Crippen LogP contribution is 2.24. The van der Waals surface area contributed by atoms with E-state index in [1.165, 1.54) is 43.3 Å². The Morgan fingerprint density at radius 2 is 2.12 bits per heavy atom. The first-order valence-corrected chi connectivity index (χ1v) is 8.69. The number of amides is 1. The maximum Gasteiger partial charge on any atom is 0.337 e. The predicted molar refractivity (Wildman–Crippen MR) is 93.9 cm³/mol. The maximum atomic E-state index is 12.5. The van der Waals surface area contributed by atoms with Crippen molar-refractivity contribution in [2.24, 2.45) is 0 Å². The summed E-state index contributed by atoms with van der Waals surface area (Å²) >= 11 is 7.50. The van der Waals surface area contributed by atoms with Crippen LogP contribution >= 0.6 is 23.4 Å². The van der Waals surface area contributed by atoms with Crippen LogP contribution in [0.25, 0.3) is 0 Å². The smallest absolute Gasteiger partial charge is 0.337 e. The number of aromatic nitrogens is 2. The number of nitrogens with zero attached hydrogens (tertiary/aromatic N) is 2. The summed E-state index contributed by atoms with van der Waals surface area (Å²) in [5.74, 6) is -0.896. The van der Waals surface area contributed by atoms with Crippen LogP contribution in [0.1, 0.15) is 33.3 Å². The van der Waals surface area contributed by atoms with Crippen LogP contribution in [0.5, 0.6) is 0 Å². The van der Waals surface area contributed by atoms with E-state index in [1.54, 1.807) is 0 Å². The Bertz CT molecular complexity index is 783. The summed E-state index contributed by atoms with van der Waals surface area (Å²) in [6.07, 6.45) is 3.95. The third-order valence-corrected chi connectivity index (χ3v) is 4.13. The van der Waals surface area contributed by atoms with E-state index >= 15 is 0 Å². The number of rotatable bonds is 5. The molecule has 0 aliphatic rings. The van der Waals surface area contributed by atoms with E-state index < -0.39 is 5.97 Å². The highest BCUT2D eigenvalue weighted by atomic mass is 35.5. The molecule has 0 aliphatic heterocycles. The van der Waals surface area contributed by atoms with Gasteiger partial charge in [-0.15, -0.1) is 0 Å². The Kier molecular flexibility index (Phi) is 6.16. The van der Waals surface area contributed by atoms with Crippen LogP contribution in [0.3, 0.4) is 0 Å². The summed E-state index contributed by atoms with van der Waals surface area (Å²) in [7, 11) is 1.29. The number of ether oxygens (including phenoxy) is 1. The molecule has 1 amide bonds. The Labute approximate surface area is 149 Å². The van der Waals surface area contributed by atoms with Gasteiger partial charge in [0.2, 0.25) is 0 Å². The summed E-state index contributed by atoms with van der Waals surface area (Å²) in [4.78, 5) is 32.6. The SMILES string of the molecule is CCc1nc(SC)ncc1C(=O)Nc1cc(C(=O)OC)ccc1Cl. The summed E-state index contributed by atoms with van der Waals surface area (Å²) < 4.78 is 4.67. The maximum absolute atomic E-state index is 12.5. The minimum atomic E-state index is -0.510. The molecule has 0 atom stereocenters. The van der Waals surface area contributed by atoms with Crippen molar-refractivity contribution in [1.29, 1.82) is 0 Å². The van der Waals surface area contributed by atoms with Gasteiger partial charge in [0.15, 0.2) is 5.16 Å². The number of hydrogen-bond acceptors (Lipinski definition) is 6. The van der Waals surface area contributed by atoms with Crippen molar-refractivity contribution in [3.63, 3.8) is 0 Å². The zero-order chi connectivity index (χ0) is 17.7. The van der Waals surface area contributed by atoms with Crippen molar-refractivity contribution in [1.82, 2.24) is 9.97 Å². The molecule has 0 fully saturated rings. The highest BCUT2D eigenvalue weighted by Gasteiger charge is 2.16. The van der Waals surface area contributed by atoms with Crippen molar-refractivity contribution in [2.45, 2.75) is 18.5 Å². The second-order valence-corrected chi connectivity index (χ2v) is 5.89. The fourth-order valence-corrected chi connectivity index (χ4v) is 2.54. The molecule has 0 aliphatic carbocycles. The molecule has 0 saturated heterocycles. The molecular formula is C16H16ClN3O3S. The van der Waals surface area contributed by atoms with Crippen molar-refractivity contribution in [3.05, 3.63) is 46.2 Å². The number of nitrogens with one attached hydrogen (secondary N) is 1. The van der Waals surface area contributed by atoms with Gasteiger partial charge in [0, 0.05) is 6.20 Å². The van der Waals surface area contributed by atoms with Gasteiger partial charge in [-0.1, -0.05) is 30.3 Å². The lowest BCUT2D eigenvalue weighted by Crippen LogP contribution is -2.16. The van der Waals surface area contributed by atoms with Gasteiger partial charge in [-0.2, -0.15) is 0 Å². The predicted octanol–water partition coefficient (Wildman–Crippen LogP) is 3.45. The first-order chi connectivity index (χ1) is 11.5.